The largest absolute Gasteiger partial charge is 0.496 e. The van der Waals surface area contributed by atoms with Crippen molar-refractivity contribution < 1.29 is 17.9 Å². The maximum absolute atomic E-state index is 11.6. The van der Waals surface area contributed by atoms with Crippen molar-refractivity contribution in [2.24, 2.45) is 13.0 Å². The zero-order valence-corrected chi connectivity index (χ0v) is 17.3. The van der Waals surface area contributed by atoms with Gasteiger partial charge in [-0.1, -0.05) is 11.8 Å². The number of carbonyl (C=O) groups is 1. The van der Waals surface area contributed by atoms with Gasteiger partial charge in [-0.3, -0.25) is 4.79 Å². The molecule has 2 aromatic rings. The summed E-state index contributed by atoms with van der Waals surface area (Å²) in [5.41, 5.74) is 1.56. The highest BCUT2D eigenvalue weighted by Gasteiger charge is 2.29. The molecule has 0 radical (unpaired) electrons. The van der Waals surface area contributed by atoms with Gasteiger partial charge in [0.05, 0.1) is 18.6 Å². The van der Waals surface area contributed by atoms with E-state index in [1.54, 1.807) is 19.2 Å². The standard InChI is InChI=1S/C18H23N3O4S2/c1-12(22)14-4-5-16(25-3)15(9-14)10-26-18-20-19-17(21(18)2)8-13-6-7-27(23,24)11-13/h4-5,9,13H,6-8,10-11H2,1-3H3/t13-/m1/s1. The van der Waals surface area contributed by atoms with Crippen molar-refractivity contribution in [3.05, 3.63) is 35.2 Å². The lowest BCUT2D eigenvalue weighted by atomic mass is 10.1. The highest BCUT2D eigenvalue weighted by atomic mass is 32.2. The number of thioether (sulfide) groups is 1. The summed E-state index contributed by atoms with van der Waals surface area (Å²) in [6.07, 6.45) is 1.30. The lowest BCUT2D eigenvalue weighted by molar-refractivity contribution is 0.101. The van der Waals surface area contributed by atoms with Gasteiger partial charge in [-0.2, -0.15) is 0 Å². The summed E-state index contributed by atoms with van der Waals surface area (Å²) in [5.74, 6) is 2.74. The fourth-order valence-corrected chi connectivity index (χ4v) is 5.96. The molecule has 1 atom stereocenters. The number of Topliss-reactive ketones (excluding diaryl/α,β-unsaturated/α-hetero) is 1. The van der Waals surface area contributed by atoms with Crippen molar-refractivity contribution in [1.82, 2.24) is 14.8 Å². The van der Waals surface area contributed by atoms with Crippen LogP contribution in [0.1, 0.15) is 35.1 Å². The number of ether oxygens (including phenoxy) is 1. The Balaban J connectivity index is 1.70. The SMILES string of the molecule is COc1ccc(C(C)=O)cc1CSc1nnc(C[C@H]2CCS(=O)(=O)C2)n1C. The molecule has 0 saturated carbocycles. The molecule has 146 valence electrons. The van der Waals surface area contributed by atoms with Crippen LogP contribution in [-0.2, 0) is 29.1 Å². The molecule has 0 amide bonds. The third kappa shape index (κ3) is 4.70. The number of carbonyl (C=O) groups excluding carboxylic acids is 1. The number of nitrogens with zero attached hydrogens (tertiary/aromatic N) is 3. The van der Waals surface area contributed by atoms with Crippen LogP contribution in [-0.4, -0.2) is 47.6 Å². The van der Waals surface area contributed by atoms with Crippen LogP contribution in [0.15, 0.2) is 23.4 Å². The number of aromatic nitrogens is 3. The van der Waals surface area contributed by atoms with Gasteiger partial charge in [0.15, 0.2) is 20.8 Å². The van der Waals surface area contributed by atoms with Gasteiger partial charge >= 0.3 is 0 Å². The van der Waals surface area contributed by atoms with Gasteiger partial charge in [0.25, 0.3) is 0 Å². The van der Waals surface area contributed by atoms with E-state index in [2.05, 4.69) is 10.2 Å². The van der Waals surface area contributed by atoms with Gasteiger partial charge < -0.3 is 9.30 Å². The van der Waals surface area contributed by atoms with Crippen LogP contribution in [0.3, 0.4) is 0 Å². The van der Waals surface area contributed by atoms with Crippen molar-refractivity contribution in [2.75, 3.05) is 18.6 Å². The molecule has 7 nitrogen and oxygen atoms in total. The molecule has 1 aromatic heterocycles. The first kappa shape index (κ1) is 19.9. The summed E-state index contributed by atoms with van der Waals surface area (Å²) in [6.45, 7) is 1.54. The molecule has 1 aliphatic heterocycles. The van der Waals surface area contributed by atoms with Crippen LogP contribution in [0.2, 0.25) is 0 Å². The number of hydrogen-bond donors (Lipinski definition) is 0. The van der Waals surface area contributed by atoms with E-state index in [-0.39, 0.29) is 23.2 Å². The first-order valence-corrected chi connectivity index (χ1v) is 11.5. The van der Waals surface area contributed by atoms with Gasteiger partial charge in [-0.25, -0.2) is 8.42 Å². The van der Waals surface area contributed by atoms with Crippen molar-refractivity contribution in [2.45, 2.75) is 30.7 Å². The summed E-state index contributed by atoms with van der Waals surface area (Å²) in [4.78, 5) is 11.6. The smallest absolute Gasteiger partial charge is 0.191 e. The fraction of sp³-hybridized carbons (Fsp3) is 0.500. The third-order valence-electron chi connectivity index (χ3n) is 4.77. The Labute approximate surface area is 163 Å². The van der Waals surface area contributed by atoms with Gasteiger partial charge in [0, 0.05) is 30.3 Å². The number of rotatable bonds is 7. The van der Waals surface area contributed by atoms with Crippen LogP contribution < -0.4 is 4.74 Å². The molecule has 1 saturated heterocycles. The van der Waals surface area contributed by atoms with Crippen LogP contribution in [0.5, 0.6) is 5.75 Å². The minimum atomic E-state index is -2.89. The first-order chi connectivity index (χ1) is 12.8. The molecule has 0 spiro atoms. The lowest BCUT2D eigenvalue weighted by Gasteiger charge is -2.10. The first-order valence-electron chi connectivity index (χ1n) is 8.68. The molecule has 0 bridgehead atoms. The van der Waals surface area contributed by atoms with Crippen LogP contribution in [0.25, 0.3) is 0 Å². The van der Waals surface area contributed by atoms with E-state index in [0.717, 1.165) is 22.3 Å². The van der Waals surface area contributed by atoms with E-state index in [9.17, 15) is 13.2 Å². The third-order valence-corrected chi connectivity index (χ3v) is 7.67. The summed E-state index contributed by atoms with van der Waals surface area (Å²) in [5, 5.41) is 9.23. The lowest BCUT2D eigenvalue weighted by Crippen LogP contribution is -2.11. The number of hydrogen-bond acceptors (Lipinski definition) is 7. The molecule has 0 N–H and O–H groups in total. The predicted molar refractivity (Wildman–Crippen MR) is 104 cm³/mol. The maximum Gasteiger partial charge on any atom is 0.191 e. The molecule has 2 heterocycles. The van der Waals surface area contributed by atoms with Gasteiger partial charge in [0.1, 0.15) is 11.6 Å². The van der Waals surface area contributed by atoms with Gasteiger partial charge in [0.2, 0.25) is 0 Å². The average Bonchev–Trinajstić information content (AvgIpc) is 3.15. The van der Waals surface area contributed by atoms with Crippen molar-refractivity contribution in [3.8, 4) is 5.75 Å². The van der Waals surface area contributed by atoms with E-state index < -0.39 is 9.84 Å². The normalized spacial score (nSPS) is 18.6. The highest BCUT2D eigenvalue weighted by molar-refractivity contribution is 7.98. The number of sulfone groups is 1. The average molecular weight is 410 g/mol. The molecular formula is C18H23N3O4S2. The Morgan fingerprint density at radius 2 is 2.15 bits per heavy atom. The summed E-state index contributed by atoms with van der Waals surface area (Å²) < 4.78 is 30.6. The molecule has 1 aromatic carbocycles. The minimum Gasteiger partial charge on any atom is -0.496 e. The maximum atomic E-state index is 11.6. The second kappa shape index (κ2) is 8.02. The van der Waals surface area contributed by atoms with E-state index in [1.165, 1.54) is 18.7 Å². The zero-order valence-electron chi connectivity index (χ0n) is 15.6. The predicted octanol–water partition coefficient (Wildman–Crippen LogP) is 2.30. The second-order valence-electron chi connectivity index (χ2n) is 6.80. The van der Waals surface area contributed by atoms with Crippen molar-refractivity contribution >= 4 is 27.4 Å². The van der Waals surface area contributed by atoms with Gasteiger partial charge in [-0.05, 0) is 37.5 Å². The number of ketones is 1. The summed E-state index contributed by atoms with van der Waals surface area (Å²) in [7, 11) is 0.607. The zero-order chi connectivity index (χ0) is 19.6. The van der Waals surface area contributed by atoms with Crippen LogP contribution >= 0.6 is 11.8 Å². The van der Waals surface area contributed by atoms with Crippen LogP contribution in [0.4, 0.5) is 0 Å². The Hall–Kier alpha value is -1.87. The molecule has 3 rings (SSSR count). The Kier molecular flexibility index (Phi) is 5.90. The summed E-state index contributed by atoms with van der Waals surface area (Å²) in [6, 6.07) is 5.40. The molecule has 9 heteroatoms. The van der Waals surface area contributed by atoms with Crippen LogP contribution in [0, 0.1) is 5.92 Å². The minimum absolute atomic E-state index is 0.0105. The molecule has 0 aliphatic carbocycles. The van der Waals surface area contributed by atoms with E-state index in [0.29, 0.717) is 24.2 Å². The van der Waals surface area contributed by atoms with E-state index in [1.807, 2.05) is 17.7 Å². The quantitative estimate of drug-likeness (QED) is 0.512. The Bertz CT molecular complexity index is 954. The van der Waals surface area contributed by atoms with Gasteiger partial charge in [-0.15, -0.1) is 10.2 Å². The molecule has 1 aliphatic rings. The van der Waals surface area contributed by atoms with E-state index in [4.69, 9.17) is 4.74 Å². The molecule has 27 heavy (non-hydrogen) atoms. The molecule has 0 unspecified atom stereocenters. The Morgan fingerprint density at radius 1 is 1.37 bits per heavy atom. The number of methoxy groups -OCH3 is 1. The number of benzene rings is 1. The molecular weight excluding hydrogens is 386 g/mol. The fourth-order valence-electron chi connectivity index (χ4n) is 3.19. The topological polar surface area (TPSA) is 91.2 Å². The van der Waals surface area contributed by atoms with Crippen molar-refractivity contribution in [1.29, 1.82) is 0 Å². The molecule has 1 fully saturated rings. The van der Waals surface area contributed by atoms with Crippen molar-refractivity contribution in [3.63, 3.8) is 0 Å². The monoisotopic (exact) mass is 409 g/mol. The Morgan fingerprint density at radius 3 is 2.78 bits per heavy atom. The van der Waals surface area contributed by atoms with E-state index >= 15 is 0 Å². The summed E-state index contributed by atoms with van der Waals surface area (Å²) >= 11 is 1.51. The second-order valence-corrected chi connectivity index (χ2v) is 9.97. The highest BCUT2D eigenvalue weighted by Crippen LogP contribution is 2.29.